The number of urea groups is 1. The van der Waals surface area contributed by atoms with Crippen molar-refractivity contribution in [2.24, 2.45) is 0 Å². The van der Waals surface area contributed by atoms with Gasteiger partial charge in [-0.25, -0.2) is 23.6 Å². The van der Waals surface area contributed by atoms with Crippen LogP contribution < -0.4 is 5.32 Å². The van der Waals surface area contributed by atoms with Gasteiger partial charge in [0, 0.05) is 57.4 Å². The molecule has 0 spiro atoms. The van der Waals surface area contributed by atoms with E-state index in [1.807, 2.05) is 47.4 Å². The summed E-state index contributed by atoms with van der Waals surface area (Å²) < 4.78 is 31.5. The predicted octanol–water partition coefficient (Wildman–Crippen LogP) is 3.51. The van der Waals surface area contributed by atoms with Gasteiger partial charge in [-0.1, -0.05) is 48.5 Å². The zero-order valence-corrected chi connectivity index (χ0v) is 25.5. The highest BCUT2D eigenvalue weighted by Crippen LogP contribution is 2.35. The average molecular weight is 630 g/mol. The molecule has 2 atom stereocenters. The van der Waals surface area contributed by atoms with Crippen LogP contribution in [-0.4, -0.2) is 105 Å². The van der Waals surface area contributed by atoms with Crippen LogP contribution in [0.3, 0.4) is 0 Å². The molecule has 4 amide bonds. The second-order valence-corrected chi connectivity index (χ2v) is 12.5. The van der Waals surface area contributed by atoms with Gasteiger partial charge in [-0.15, -0.1) is 0 Å². The van der Waals surface area contributed by atoms with Crippen molar-refractivity contribution in [3.05, 3.63) is 101 Å². The van der Waals surface area contributed by atoms with E-state index < -0.39 is 18.0 Å². The van der Waals surface area contributed by atoms with Crippen molar-refractivity contribution in [1.29, 1.82) is 0 Å². The zero-order chi connectivity index (χ0) is 31.8. The third-order valence-corrected chi connectivity index (χ3v) is 9.56. The number of pyridine rings is 1. The molecule has 1 aromatic heterocycles. The fourth-order valence-electron chi connectivity index (χ4n) is 7.33. The number of carbonyl (C=O) groups is 3. The number of piperidine rings is 1. The van der Waals surface area contributed by atoms with E-state index in [0.29, 0.717) is 51.3 Å². The molecule has 5 heterocycles. The molecule has 0 bridgehead atoms. The van der Waals surface area contributed by atoms with E-state index in [1.165, 1.54) is 10.0 Å². The van der Waals surface area contributed by atoms with Gasteiger partial charge in [0.2, 0.25) is 5.91 Å². The smallest absolute Gasteiger partial charge is 0.293 e. The van der Waals surface area contributed by atoms with Crippen molar-refractivity contribution in [3.63, 3.8) is 0 Å². The molecule has 2 unspecified atom stereocenters. The number of alkyl halides is 2. The van der Waals surface area contributed by atoms with E-state index in [2.05, 4.69) is 27.3 Å². The maximum absolute atomic E-state index is 15.8. The number of fused-ring (bicyclic) bond motifs is 1. The summed E-state index contributed by atoms with van der Waals surface area (Å²) >= 11 is 0. The number of amides is 4. The lowest BCUT2D eigenvalue weighted by Gasteiger charge is -2.47. The normalized spacial score (nSPS) is 23.3. The molecule has 0 saturated carbocycles. The number of likely N-dealkylation sites (tertiary alicyclic amines) is 1. The number of carbonyl (C=O) groups excluding carboxylic acids is 3. The number of piperazine rings is 1. The third kappa shape index (κ3) is 6.00. The van der Waals surface area contributed by atoms with Crippen LogP contribution in [0.25, 0.3) is 0 Å². The Morgan fingerprint density at radius 2 is 1.67 bits per heavy atom. The first kappa shape index (κ1) is 30.4. The van der Waals surface area contributed by atoms with Gasteiger partial charge < -0.3 is 0 Å². The Morgan fingerprint density at radius 1 is 0.891 bits per heavy atom. The van der Waals surface area contributed by atoms with E-state index >= 15 is 8.78 Å². The molecule has 4 aliphatic heterocycles. The summed E-state index contributed by atoms with van der Waals surface area (Å²) in [6.45, 7) is 3.36. The van der Waals surface area contributed by atoms with Crippen molar-refractivity contribution in [3.8, 4) is 0 Å². The molecule has 12 heteroatoms. The molecular weight excluding hydrogens is 592 g/mol. The van der Waals surface area contributed by atoms with Crippen LogP contribution in [0.15, 0.2) is 72.9 Å². The number of rotatable bonds is 7. The highest BCUT2D eigenvalue weighted by Gasteiger charge is 2.48. The standard InChI is InChI=1S/C34H37F2N7O3/c35-34(36)23-39(21-24-9-10-27-26(20-24)22-43(32(27)45)42-15-12-30(44)38-33(42)46)14-11-29(34)40-16-18-41(19-17-40)31(25-6-2-1-3-7-25)28-8-4-5-13-37-28/h1-10,13,20,29,31H,11-12,14-19,21-23H2,(H,38,44,46). The molecule has 46 heavy (non-hydrogen) atoms. The van der Waals surface area contributed by atoms with Crippen LogP contribution in [0, 0.1) is 0 Å². The minimum absolute atomic E-state index is 0.0252. The van der Waals surface area contributed by atoms with Gasteiger partial charge >= 0.3 is 6.03 Å². The van der Waals surface area contributed by atoms with Crippen LogP contribution in [0.4, 0.5) is 13.6 Å². The lowest BCUT2D eigenvalue weighted by molar-refractivity contribution is -0.135. The first-order chi connectivity index (χ1) is 22.3. The monoisotopic (exact) mass is 629 g/mol. The Balaban J connectivity index is 0.966. The van der Waals surface area contributed by atoms with Crippen LogP contribution in [0.2, 0.25) is 0 Å². The highest BCUT2D eigenvalue weighted by atomic mass is 19.3. The number of hydrogen-bond acceptors (Lipinski definition) is 7. The molecule has 3 saturated heterocycles. The Kier molecular flexibility index (Phi) is 8.26. The molecular formula is C34H37F2N7O3. The van der Waals surface area contributed by atoms with Gasteiger partial charge in [-0.2, -0.15) is 0 Å². The van der Waals surface area contributed by atoms with E-state index in [1.54, 1.807) is 23.2 Å². The van der Waals surface area contributed by atoms with Crippen molar-refractivity contribution in [2.75, 3.05) is 45.8 Å². The van der Waals surface area contributed by atoms with Crippen molar-refractivity contribution >= 4 is 17.8 Å². The van der Waals surface area contributed by atoms with Gasteiger partial charge in [0.05, 0.1) is 37.4 Å². The van der Waals surface area contributed by atoms with E-state index in [9.17, 15) is 14.4 Å². The number of imide groups is 1. The van der Waals surface area contributed by atoms with E-state index in [0.717, 1.165) is 22.4 Å². The molecule has 4 aliphatic rings. The molecule has 3 fully saturated rings. The first-order valence-corrected chi connectivity index (χ1v) is 15.9. The highest BCUT2D eigenvalue weighted by molar-refractivity contribution is 6.01. The second-order valence-electron chi connectivity index (χ2n) is 12.5. The number of hydrazine groups is 1. The first-order valence-electron chi connectivity index (χ1n) is 15.9. The molecule has 240 valence electrons. The van der Waals surface area contributed by atoms with Crippen LogP contribution in [0.5, 0.6) is 0 Å². The lowest BCUT2D eigenvalue weighted by atomic mass is 9.96. The van der Waals surface area contributed by atoms with Gasteiger partial charge in [-0.05, 0) is 41.3 Å². The summed E-state index contributed by atoms with van der Waals surface area (Å²) in [5.74, 6) is -3.55. The van der Waals surface area contributed by atoms with Gasteiger partial charge in [-0.3, -0.25) is 34.6 Å². The Labute approximate surface area is 266 Å². The Morgan fingerprint density at radius 3 is 2.39 bits per heavy atom. The summed E-state index contributed by atoms with van der Waals surface area (Å²) in [5.41, 5.74) is 4.17. The number of nitrogens with zero attached hydrogens (tertiary/aromatic N) is 6. The summed E-state index contributed by atoms with van der Waals surface area (Å²) in [6.07, 6.45) is 2.29. The van der Waals surface area contributed by atoms with E-state index in [-0.39, 0.29) is 43.9 Å². The number of aromatic nitrogens is 1. The van der Waals surface area contributed by atoms with Crippen molar-refractivity contribution in [1.82, 2.24) is 35.0 Å². The van der Waals surface area contributed by atoms with Crippen molar-refractivity contribution < 1.29 is 23.2 Å². The van der Waals surface area contributed by atoms with Crippen LogP contribution in [0.1, 0.15) is 51.6 Å². The quantitative estimate of drug-likeness (QED) is 0.428. The molecule has 10 nitrogen and oxygen atoms in total. The topological polar surface area (TPSA) is 92.3 Å². The summed E-state index contributed by atoms with van der Waals surface area (Å²) in [7, 11) is 0. The fraction of sp³-hybridized carbons (Fsp3) is 0.412. The summed E-state index contributed by atoms with van der Waals surface area (Å²) in [6, 6.07) is 20.1. The maximum atomic E-state index is 15.8. The SMILES string of the molecule is O=C1CCN(N2Cc3cc(CN4CCC(N5CCN(C(c6ccccc6)c6ccccn6)CC5)C(F)(F)C4)ccc3C2=O)C(=O)N1. The molecule has 1 N–H and O–H groups in total. The summed E-state index contributed by atoms with van der Waals surface area (Å²) in [4.78, 5) is 47.6. The van der Waals surface area contributed by atoms with Crippen molar-refractivity contribution in [2.45, 2.75) is 43.9 Å². The third-order valence-electron chi connectivity index (χ3n) is 9.56. The number of benzene rings is 2. The molecule has 2 aromatic carbocycles. The minimum atomic E-state index is -2.87. The minimum Gasteiger partial charge on any atom is -0.293 e. The molecule has 7 rings (SSSR count). The second kappa shape index (κ2) is 12.5. The van der Waals surface area contributed by atoms with Gasteiger partial charge in [0.1, 0.15) is 0 Å². The Hall–Kier alpha value is -4.26. The van der Waals surface area contributed by atoms with Crippen LogP contribution in [-0.2, 0) is 17.9 Å². The maximum Gasteiger partial charge on any atom is 0.342 e. The van der Waals surface area contributed by atoms with Gasteiger partial charge in [0.15, 0.2) is 0 Å². The largest absolute Gasteiger partial charge is 0.342 e. The zero-order valence-electron chi connectivity index (χ0n) is 25.5. The summed E-state index contributed by atoms with van der Waals surface area (Å²) in [5, 5.41) is 4.84. The van der Waals surface area contributed by atoms with Crippen LogP contribution >= 0.6 is 0 Å². The average Bonchev–Trinajstić information content (AvgIpc) is 3.37. The molecule has 0 radical (unpaired) electrons. The molecule has 0 aliphatic carbocycles. The number of hydrogen-bond donors (Lipinski definition) is 1. The lowest BCUT2D eigenvalue weighted by Crippen LogP contribution is -2.61. The number of nitrogens with one attached hydrogen (secondary N) is 1. The van der Waals surface area contributed by atoms with E-state index in [4.69, 9.17) is 0 Å². The Bertz CT molecular complexity index is 1560. The fourth-order valence-corrected chi connectivity index (χ4v) is 7.33. The van der Waals surface area contributed by atoms with Gasteiger partial charge in [0.25, 0.3) is 11.8 Å². The predicted molar refractivity (Wildman–Crippen MR) is 165 cm³/mol. The number of halogens is 2. The molecule has 3 aromatic rings.